The second-order valence-electron chi connectivity index (χ2n) is 3.28. The van der Waals surface area contributed by atoms with Crippen molar-refractivity contribution in [3.05, 3.63) is 40.4 Å². The van der Waals surface area contributed by atoms with Crippen molar-refractivity contribution >= 4 is 26.7 Å². The molecule has 78 valence electrons. The highest BCUT2D eigenvalue weighted by molar-refractivity contribution is 9.10. The fourth-order valence-corrected chi connectivity index (χ4v) is 2.16. The maximum atomic E-state index is 9.14. The van der Waals surface area contributed by atoms with Crippen LogP contribution in [0.1, 0.15) is 5.56 Å². The van der Waals surface area contributed by atoms with E-state index in [0.717, 1.165) is 26.6 Å². The Bertz CT molecular complexity index is 489. The van der Waals surface area contributed by atoms with E-state index in [-0.39, 0.29) is 6.61 Å². The van der Waals surface area contributed by atoms with Crippen LogP contribution in [0.3, 0.4) is 0 Å². The van der Waals surface area contributed by atoms with Crippen LogP contribution >= 0.6 is 15.9 Å². The van der Waals surface area contributed by atoms with Gasteiger partial charge in [-0.25, -0.2) is 0 Å². The predicted molar refractivity (Wildman–Crippen MR) is 64.1 cm³/mol. The van der Waals surface area contributed by atoms with Crippen LogP contribution in [-0.2, 0) is 6.61 Å². The van der Waals surface area contributed by atoms with Crippen LogP contribution in [-0.4, -0.2) is 12.2 Å². The number of methoxy groups -OCH3 is 1. The van der Waals surface area contributed by atoms with Crippen LogP contribution in [0.15, 0.2) is 34.8 Å². The van der Waals surface area contributed by atoms with Gasteiger partial charge in [0.25, 0.3) is 0 Å². The molecule has 15 heavy (non-hydrogen) atoms. The minimum atomic E-state index is 0.0354. The number of benzene rings is 2. The Morgan fingerprint density at radius 3 is 2.67 bits per heavy atom. The van der Waals surface area contributed by atoms with Crippen molar-refractivity contribution in [2.45, 2.75) is 6.61 Å². The number of ether oxygens (including phenoxy) is 1. The van der Waals surface area contributed by atoms with E-state index < -0.39 is 0 Å². The van der Waals surface area contributed by atoms with Gasteiger partial charge in [-0.05, 0) is 44.4 Å². The highest BCUT2D eigenvalue weighted by Gasteiger charge is 2.05. The Hall–Kier alpha value is -1.06. The summed E-state index contributed by atoms with van der Waals surface area (Å²) in [5, 5.41) is 11.3. The first kappa shape index (κ1) is 10.5. The van der Waals surface area contributed by atoms with E-state index in [4.69, 9.17) is 9.84 Å². The number of fused-ring (bicyclic) bond motifs is 1. The lowest BCUT2D eigenvalue weighted by Crippen LogP contribution is -1.88. The van der Waals surface area contributed by atoms with Crippen molar-refractivity contribution in [1.29, 1.82) is 0 Å². The van der Waals surface area contributed by atoms with Crippen LogP contribution in [0.2, 0.25) is 0 Å². The molecule has 0 aliphatic rings. The molecule has 0 spiro atoms. The van der Waals surface area contributed by atoms with Gasteiger partial charge in [-0.1, -0.05) is 18.2 Å². The van der Waals surface area contributed by atoms with Gasteiger partial charge < -0.3 is 9.84 Å². The minimum absolute atomic E-state index is 0.0354. The monoisotopic (exact) mass is 266 g/mol. The summed E-state index contributed by atoms with van der Waals surface area (Å²) in [4.78, 5) is 0. The number of halogens is 1. The fourth-order valence-electron chi connectivity index (χ4n) is 1.56. The van der Waals surface area contributed by atoms with Crippen molar-refractivity contribution in [1.82, 2.24) is 0 Å². The zero-order valence-corrected chi connectivity index (χ0v) is 9.91. The van der Waals surface area contributed by atoms with Crippen LogP contribution in [0.25, 0.3) is 10.8 Å². The number of aliphatic hydroxyl groups is 1. The van der Waals surface area contributed by atoms with Gasteiger partial charge in [0, 0.05) is 4.47 Å². The molecule has 0 atom stereocenters. The van der Waals surface area contributed by atoms with Gasteiger partial charge in [-0.2, -0.15) is 0 Å². The number of aliphatic hydroxyl groups excluding tert-OH is 1. The summed E-state index contributed by atoms with van der Waals surface area (Å²) in [6.45, 7) is 0.0354. The van der Waals surface area contributed by atoms with Gasteiger partial charge in [0.05, 0.1) is 13.7 Å². The summed E-state index contributed by atoms with van der Waals surface area (Å²) in [5.74, 6) is 0.818. The Labute approximate surface area is 96.6 Å². The lowest BCUT2D eigenvalue weighted by atomic mass is 10.1. The average Bonchev–Trinajstić information content (AvgIpc) is 2.29. The standard InChI is InChI=1S/C12H11BrO2/c1-15-10-5-4-8-2-3-9(7-14)12(13)11(8)6-10/h2-6,14H,7H2,1H3. The van der Waals surface area contributed by atoms with Crippen molar-refractivity contribution in [3.63, 3.8) is 0 Å². The third kappa shape index (κ3) is 1.85. The van der Waals surface area contributed by atoms with Crippen molar-refractivity contribution in [2.75, 3.05) is 7.11 Å². The van der Waals surface area contributed by atoms with Crippen LogP contribution < -0.4 is 4.74 Å². The Balaban J connectivity index is 2.72. The molecule has 2 aromatic rings. The van der Waals surface area contributed by atoms with Gasteiger partial charge in [0.15, 0.2) is 0 Å². The number of hydrogen-bond donors (Lipinski definition) is 1. The Morgan fingerprint density at radius 1 is 1.27 bits per heavy atom. The van der Waals surface area contributed by atoms with Crippen LogP contribution in [0.5, 0.6) is 5.75 Å². The molecule has 0 saturated carbocycles. The maximum absolute atomic E-state index is 9.14. The van der Waals surface area contributed by atoms with Crippen LogP contribution in [0.4, 0.5) is 0 Å². The lowest BCUT2D eigenvalue weighted by Gasteiger charge is -2.07. The highest BCUT2D eigenvalue weighted by atomic mass is 79.9. The summed E-state index contributed by atoms with van der Waals surface area (Å²) in [5.41, 5.74) is 0.885. The van der Waals surface area contributed by atoms with E-state index in [2.05, 4.69) is 15.9 Å². The molecule has 2 rings (SSSR count). The van der Waals surface area contributed by atoms with Crippen molar-refractivity contribution in [2.24, 2.45) is 0 Å². The highest BCUT2D eigenvalue weighted by Crippen LogP contribution is 2.30. The minimum Gasteiger partial charge on any atom is -0.497 e. The van der Waals surface area contributed by atoms with Crippen molar-refractivity contribution in [3.8, 4) is 5.75 Å². The fraction of sp³-hybridized carbons (Fsp3) is 0.167. The van der Waals surface area contributed by atoms with E-state index in [9.17, 15) is 0 Å². The molecular formula is C12H11BrO2. The number of hydrogen-bond acceptors (Lipinski definition) is 2. The first-order valence-electron chi connectivity index (χ1n) is 4.62. The van der Waals surface area contributed by atoms with E-state index in [1.54, 1.807) is 7.11 Å². The molecule has 1 N–H and O–H groups in total. The summed E-state index contributed by atoms with van der Waals surface area (Å²) in [6.07, 6.45) is 0. The second-order valence-corrected chi connectivity index (χ2v) is 4.08. The SMILES string of the molecule is COc1ccc2ccc(CO)c(Br)c2c1. The zero-order valence-electron chi connectivity index (χ0n) is 8.33. The maximum Gasteiger partial charge on any atom is 0.119 e. The molecule has 0 aromatic heterocycles. The molecule has 0 amide bonds. The lowest BCUT2D eigenvalue weighted by molar-refractivity contribution is 0.281. The van der Waals surface area contributed by atoms with Crippen LogP contribution in [0, 0.1) is 0 Å². The molecule has 0 heterocycles. The third-order valence-corrected chi connectivity index (χ3v) is 3.35. The molecule has 3 heteroatoms. The van der Waals surface area contributed by atoms with E-state index >= 15 is 0 Å². The predicted octanol–water partition coefficient (Wildman–Crippen LogP) is 3.10. The van der Waals surface area contributed by atoms with E-state index in [1.165, 1.54) is 0 Å². The molecule has 0 unspecified atom stereocenters. The molecule has 0 radical (unpaired) electrons. The molecule has 0 bridgehead atoms. The number of rotatable bonds is 2. The molecule has 2 nitrogen and oxygen atoms in total. The largest absolute Gasteiger partial charge is 0.497 e. The first-order valence-corrected chi connectivity index (χ1v) is 5.41. The molecule has 0 aliphatic heterocycles. The van der Waals surface area contributed by atoms with Gasteiger partial charge in [0.2, 0.25) is 0 Å². The Kier molecular flexibility index (Phi) is 2.93. The van der Waals surface area contributed by atoms with Crippen molar-refractivity contribution < 1.29 is 9.84 Å². The Morgan fingerprint density at radius 2 is 2.00 bits per heavy atom. The molecule has 0 aliphatic carbocycles. The zero-order chi connectivity index (χ0) is 10.8. The summed E-state index contributed by atoms with van der Waals surface area (Å²) < 4.78 is 6.10. The first-order chi connectivity index (χ1) is 7.26. The normalized spacial score (nSPS) is 10.6. The smallest absolute Gasteiger partial charge is 0.119 e. The molecule has 2 aromatic carbocycles. The van der Waals surface area contributed by atoms with E-state index in [1.807, 2.05) is 30.3 Å². The van der Waals surface area contributed by atoms with Gasteiger partial charge in [-0.15, -0.1) is 0 Å². The third-order valence-electron chi connectivity index (χ3n) is 2.41. The summed E-state index contributed by atoms with van der Waals surface area (Å²) >= 11 is 3.49. The topological polar surface area (TPSA) is 29.5 Å². The summed E-state index contributed by atoms with van der Waals surface area (Å²) in [6, 6.07) is 9.79. The van der Waals surface area contributed by atoms with Gasteiger partial charge in [0.1, 0.15) is 5.75 Å². The van der Waals surface area contributed by atoms with Gasteiger partial charge in [-0.3, -0.25) is 0 Å². The summed E-state index contributed by atoms with van der Waals surface area (Å²) in [7, 11) is 1.64. The van der Waals surface area contributed by atoms with E-state index in [0.29, 0.717) is 0 Å². The molecule has 0 fully saturated rings. The average molecular weight is 267 g/mol. The quantitative estimate of drug-likeness (QED) is 0.905. The molecule has 0 saturated heterocycles. The molecular weight excluding hydrogens is 256 g/mol. The second kappa shape index (κ2) is 4.21. The van der Waals surface area contributed by atoms with Gasteiger partial charge >= 0.3 is 0 Å².